The smallest absolute Gasteiger partial charge is 0.258 e. The first-order chi connectivity index (χ1) is 8.61. The Balaban J connectivity index is 2.34. The molecular weight excluding hydrogens is 232 g/mol. The fourth-order valence-corrected chi connectivity index (χ4v) is 1.52. The molecule has 1 saturated carbocycles. The normalized spacial score (nSPS) is 14.4. The molecule has 5 heteroatoms. The first-order valence-electron chi connectivity index (χ1n) is 6.16. The summed E-state index contributed by atoms with van der Waals surface area (Å²) in [5.74, 6) is 0.646. The van der Waals surface area contributed by atoms with Gasteiger partial charge in [0.2, 0.25) is 0 Å². The molecule has 0 spiro atoms. The van der Waals surface area contributed by atoms with Gasteiger partial charge in [0.15, 0.2) is 5.75 Å². The van der Waals surface area contributed by atoms with Crippen LogP contribution in [-0.2, 0) is 0 Å². The largest absolute Gasteiger partial charge is 0.484 e. The van der Waals surface area contributed by atoms with Crippen LogP contribution < -0.4 is 14.8 Å². The summed E-state index contributed by atoms with van der Waals surface area (Å²) in [7, 11) is 1.59. The van der Waals surface area contributed by atoms with Gasteiger partial charge >= 0.3 is 0 Å². The van der Waals surface area contributed by atoms with Gasteiger partial charge in [0.25, 0.3) is 11.8 Å². The van der Waals surface area contributed by atoms with E-state index in [-0.39, 0.29) is 18.1 Å². The van der Waals surface area contributed by atoms with Gasteiger partial charge in [-0.15, -0.1) is 0 Å². The summed E-state index contributed by atoms with van der Waals surface area (Å²) in [4.78, 5) is 15.9. The highest BCUT2D eigenvalue weighted by Gasteiger charge is 2.28. The van der Waals surface area contributed by atoms with E-state index in [1.54, 1.807) is 19.3 Å². The van der Waals surface area contributed by atoms with Crippen molar-refractivity contribution in [2.75, 3.05) is 7.05 Å². The van der Waals surface area contributed by atoms with Gasteiger partial charge in [-0.1, -0.05) is 0 Å². The number of amides is 1. The van der Waals surface area contributed by atoms with Crippen LogP contribution in [0.5, 0.6) is 11.6 Å². The number of nitrogens with one attached hydrogen (secondary N) is 1. The Hall–Kier alpha value is -1.78. The minimum absolute atomic E-state index is 0.0148. The quantitative estimate of drug-likeness (QED) is 0.865. The maximum absolute atomic E-state index is 11.8. The lowest BCUT2D eigenvalue weighted by Gasteiger charge is -2.16. The van der Waals surface area contributed by atoms with Crippen molar-refractivity contribution in [3.05, 3.63) is 17.8 Å². The van der Waals surface area contributed by atoms with Crippen LogP contribution in [0.3, 0.4) is 0 Å². The summed E-state index contributed by atoms with van der Waals surface area (Å²) in [6.07, 6.45) is 3.76. The van der Waals surface area contributed by atoms with Crippen LogP contribution in [0, 0.1) is 0 Å². The molecule has 1 aliphatic carbocycles. The zero-order valence-electron chi connectivity index (χ0n) is 10.9. The summed E-state index contributed by atoms with van der Waals surface area (Å²) >= 11 is 0. The molecule has 2 rings (SSSR count). The van der Waals surface area contributed by atoms with Crippen molar-refractivity contribution in [1.29, 1.82) is 0 Å². The topological polar surface area (TPSA) is 60.5 Å². The van der Waals surface area contributed by atoms with Gasteiger partial charge in [0.1, 0.15) is 0 Å². The van der Waals surface area contributed by atoms with Crippen molar-refractivity contribution in [3.8, 4) is 11.6 Å². The average Bonchev–Trinajstić information content (AvgIpc) is 3.13. The van der Waals surface area contributed by atoms with E-state index in [2.05, 4.69) is 10.3 Å². The van der Waals surface area contributed by atoms with Gasteiger partial charge in [0.05, 0.1) is 17.8 Å². The van der Waals surface area contributed by atoms with Crippen molar-refractivity contribution in [3.63, 3.8) is 0 Å². The molecule has 1 aromatic rings. The van der Waals surface area contributed by atoms with Crippen molar-refractivity contribution >= 4 is 5.91 Å². The van der Waals surface area contributed by atoms with Crippen LogP contribution in [0.2, 0.25) is 0 Å². The van der Waals surface area contributed by atoms with Crippen LogP contribution in [0.4, 0.5) is 0 Å². The Kier molecular flexibility index (Phi) is 3.69. The second-order valence-electron chi connectivity index (χ2n) is 4.56. The second kappa shape index (κ2) is 5.25. The summed E-state index contributed by atoms with van der Waals surface area (Å²) in [6, 6.07) is 1.64. The average molecular weight is 250 g/mol. The molecule has 1 aliphatic rings. The van der Waals surface area contributed by atoms with E-state index in [9.17, 15) is 4.79 Å². The lowest BCUT2D eigenvalue weighted by molar-refractivity contribution is 0.0956. The maximum Gasteiger partial charge on any atom is 0.258 e. The van der Waals surface area contributed by atoms with E-state index in [1.165, 1.54) is 0 Å². The van der Waals surface area contributed by atoms with E-state index in [0.29, 0.717) is 17.2 Å². The van der Waals surface area contributed by atoms with Gasteiger partial charge in [-0.2, -0.15) is 0 Å². The zero-order chi connectivity index (χ0) is 13.1. The Morgan fingerprint density at radius 2 is 2.22 bits per heavy atom. The molecule has 1 heterocycles. The number of pyridine rings is 1. The molecule has 1 amide bonds. The lowest BCUT2D eigenvalue weighted by atomic mass is 10.2. The Morgan fingerprint density at radius 1 is 1.50 bits per heavy atom. The number of hydrogen-bond donors (Lipinski definition) is 1. The molecule has 0 saturated heterocycles. The number of rotatable bonds is 5. The minimum atomic E-state index is -0.193. The molecule has 0 bridgehead atoms. The molecule has 98 valence electrons. The SMILES string of the molecule is CNC(=O)c1ccnc(OC(C)C)c1OC1CC1. The third kappa shape index (κ3) is 2.91. The Labute approximate surface area is 107 Å². The monoisotopic (exact) mass is 250 g/mol. The molecule has 1 N–H and O–H groups in total. The van der Waals surface area contributed by atoms with Gasteiger partial charge in [0, 0.05) is 13.2 Å². The predicted octanol–water partition coefficient (Wildman–Crippen LogP) is 1.77. The fourth-order valence-electron chi connectivity index (χ4n) is 1.52. The van der Waals surface area contributed by atoms with Crippen molar-refractivity contribution in [2.45, 2.75) is 38.9 Å². The number of aromatic nitrogens is 1. The second-order valence-corrected chi connectivity index (χ2v) is 4.56. The Bertz CT molecular complexity index is 442. The number of ether oxygens (including phenoxy) is 2. The number of carbonyl (C=O) groups is 1. The van der Waals surface area contributed by atoms with Crippen LogP contribution in [-0.4, -0.2) is 30.1 Å². The highest BCUT2D eigenvalue weighted by Crippen LogP contribution is 2.35. The van der Waals surface area contributed by atoms with Crippen LogP contribution in [0.15, 0.2) is 12.3 Å². The fraction of sp³-hybridized carbons (Fsp3) is 0.538. The van der Waals surface area contributed by atoms with Crippen molar-refractivity contribution in [2.24, 2.45) is 0 Å². The van der Waals surface area contributed by atoms with Gasteiger partial charge in [-0.25, -0.2) is 4.98 Å². The highest BCUT2D eigenvalue weighted by molar-refractivity contribution is 5.97. The molecule has 5 nitrogen and oxygen atoms in total. The first kappa shape index (κ1) is 12.7. The molecule has 0 unspecified atom stereocenters. The van der Waals surface area contributed by atoms with Crippen molar-refractivity contribution in [1.82, 2.24) is 10.3 Å². The zero-order valence-corrected chi connectivity index (χ0v) is 10.9. The van der Waals surface area contributed by atoms with E-state index in [4.69, 9.17) is 9.47 Å². The molecule has 0 aromatic carbocycles. The van der Waals surface area contributed by atoms with Crippen LogP contribution in [0.25, 0.3) is 0 Å². The van der Waals surface area contributed by atoms with E-state index < -0.39 is 0 Å². The first-order valence-corrected chi connectivity index (χ1v) is 6.16. The minimum Gasteiger partial charge on any atom is -0.484 e. The van der Waals surface area contributed by atoms with E-state index >= 15 is 0 Å². The maximum atomic E-state index is 11.8. The molecule has 0 aliphatic heterocycles. The van der Waals surface area contributed by atoms with Gasteiger partial charge in [-0.3, -0.25) is 4.79 Å². The number of nitrogens with zero attached hydrogens (tertiary/aromatic N) is 1. The molecule has 1 aromatic heterocycles. The van der Waals surface area contributed by atoms with Gasteiger partial charge in [-0.05, 0) is 32.8 Å². The summed E-state index contributed by atoms with van der Waals surface area (Å²) in [5, 5.41) is 2.59. The third-order valence-electron chi connectivity index (χ3n) is 2.50. The number of carbonyl (C=O) groups excluding carboxylic acids is 1. The van der Waals surface area contributed by atoms with Crippen LogP contribution in [0.1, 0.15) is 37.0 Å². The Morgan fingerprint density at radius 3 is 2.78 bits per heavy atom. The molecular formula is C13H18N2O3. The summed E-state index contributed by atoms with van der Waals surface area (Å²) < 4.78 is 11.4. The molecule has 0 atom stereocenters. The standard InChI is InChI=1S/C13H18N2O3/c1-8(2)17-13-11(18-9-4-5-9)10(6-7-15-13)12(16)14-3/h6-9H,4-5H2,1-3H3,(H,14,16). The third-order valence-corrected chi connectivity index (χ3v) is 2.50. The van der Waals surface area contributed by atoms with Gasteiger partial charge < -0.3 is 14.8 Å². The highest BCUT2D eigenvalue weighted by atomic mass is 16.5. The van der Waals surface area contributed by atoms with Crippen LogP contribution >= 0.6 is 0 Å². The molecule has 18 heavy (non-hydrogen) atoms. The number of hydrogen-bond acceptors (Lipinski definition) is 4. The van der Waals surface area contributed by atoms with E-state index in [1.807, 2.05) is 13.8 Å². The lowest BCUT2D eigenvalue weighted by Crippen LogP contribution is -2.20. The van der Waals surface area contributed by atoms with E-state index in [0.717, 1.165) is 12.8 Å². The molecule has 1 fully saturated rings. The molecule has 0 radical (unpaired) electrons. The van der Waals surface area contributed by atoms with Crippen molar-refractivity contribution < 1.29 is 14.3 Å². The summed E-state index contributed by atoms with van der Waals surface area (Å²) in [6.45, 7) is 3.82. The summed E-state index contributed by atoms with van der Waals surface area (Å²) in [5.41, 5.74) is 0.468. The predicted molar refractivity (Wildman–Crippen MR) is 67.0 cm³/mol.